The van der Waals surface area contributed by atoms with E-state index in [1.165, 1.54) is 6.92 Å². The molecule has 1 aromatic rings. The highest BCUT2D eigenvalue weighted by Gasteiger charge is 2.32. The van der Waals surface area contributed by atoms with Gasteiger partial charge in [0, 0.05) is 0 Å². The third-order valence-electron chi connectivity index (χ3n) is 1.01. The van der Waals surface area contributed by atoms with Gasteiger partial charge in [0.2, 0.25) is 5.88 Å². The fourth-order valence-electron chi connectivity index (χ4n) is 0.510. The second kappa shape index (κ2) is 2.57. The summed E-state index contributed by atoms with van der Waals surface area (Å²) in [5.41, 5.74) is 0. The van der Waals surface area contributed by atoms with Crippen LogP contribution in [0.3, 0.4) is 0 Å². The van der Waals surface area contributed by atoms with Gasteiger partial charge in [0.15, 0.2) is 5.01 Å². The number of nitrogens with zero attached hydrogens (tertiary/aromatic N) is 1. The predicted octanol–water partition coefficient (Wildman–Crippen LogP) is 2.45. The largest absolute Gasteiger partial charge is 0.492 e. The lowest BCUT2D eigenvalue weighted by Gasteiger charge is -1.99. The van der Waals surface area contributed by atoms with Crippen molar-refractivity contribution in [3.63, 3.8) is 0 Å². The molecule has 0 unspecified atom stereocenters. The highest BCUT2D eigenvalue weighted by molar-refractivity contribution is 7.12. The molecule has 62 valence electrons. The van der Waals surface area contributed by atoms with Gasteiger partial charge in [-0.3, -0.25) is 0 Å². The van der Waals surface area contributed by atoms with Crippen LogP contribution in [0.1, 0.15) is 9.88 Å². The van der Waals surface area contributed by atoms with Gasteiger partial charge in [0.1, 0.15) is 0 Å². The van der Waals surface area contributed by atoms with Crippen LogP contribution in [0.15, 0.2) is 0 Å². The zero-order chi connectivity index (χ0) is 8.65. The fourth-order valence-corrected chi connectivity index (χ4v) is 1.34. The average Bonchev–Trinajstić information content (AvgIpc) is 2.11. The lowest BCUT2D eigenvalue weighted by Crippen LogP contribution is -2.01. The van der Waals surface area contributed by atoms with Gasteiger partial charge in [-0.25, -0.2) is 0 Å². The molecule has 0 fully saturated rings. The molecule has 0 aliphatic heterocycles. The molecule has 0 atom stereocenters. The van der Waals surface area contributed by atoms with E-state index < -0.39 is 10.4 Å². The number of thiazole rings is 1. The van der Waals surface area contributed by atoms with Crippen molar-refractivity contribution in [2.45, 2.75) is 12.3 Å². The molecular formula is C5H4ClF2NOS. The van der Waals surface area contributed by atoms with Gasteiger partial charge in [0.25, 0.3) is 0 Å². The topological polar surface area (TPSA) is 33.1 Å². The van der Waals surface area contributed by atoms with Crippen molar-refractivity contribution in [1.29, 1.82) is 0 Å². The lowest BCUT2D eigenvalue weighted by atomic mass is 10.6. The van der Waals surface area contributed by atoms with E-state index in [2.05, 4.69) is 16.6 Å². The second-order valence-electron chi connectivity index (χ2n) is 1.90. The summed E-state index contributed by atoms with van der Waals surface area (Å²) in [6.45, 7) is 1.49. The quantitative estimate of drug-likeness (QED) is 0.705. The van der Waals surface area contributed by atoms with Crippen LogP contribution in [-0.2, 0) is 5.38 Å². The molecule has 1 N–H and O–H groups in total. The maximum atomic E-state index is 12.3. The first-order valence-corrected chi connectivity index (χ1v) is 3.84. The number of rotatable bonds is 1. The van der Waals surface area contributed by atoms with Gasteiger partial charge in [-0.15, -0.1) is 11.3 Å². The van der Waals surface area contributed by atoms with Crippen LogP contribution in [0.5, 0.6) is 5.88 Å². The number of aryl methyl sites for hydroxylation is 1. The molecule has 11 heavy (non-hydrogen) atoms. The molecule has 0 spiro atoms. The minimum atomic E-state index is -3.48. The molecular weight excluding hydrogens is 196 g/mol. The van der Waals surface area contributed by atoms with E-state index in [0.717, 1.165) is 0 Å². The van der Waals surface area contributed by atoms with Crippen molar-refractivity contribution in [1.82, 2.24) is 4.98 Å². The molecule has 6 heteroatoms. The van der Waals surface area contributed by atoms with Crippen LogP contribution in [0.2, 0.25) is 0 Å². The maximum Gasteiger partial charge on any atom is 0.374 e. The zero-order valence-electron chi connectivity index (χ0n) is 5.44. The van der Waals surface area contributed by atoms with E-state index in [0.29, 0.717) is 16.2 Å². The number of hydrogen-bond acceptors (Lipinski definition) is 3. The van der Waals surface area contributed by atoms with Crippen molar-refractivity contribution in [2.24, 2.45) is 0 Å². The Bertz CT molecular complexity index is 250. The predicted molar refractivity (Wildman–Crippen MR) is 38.3 cm³/mol. The Labute approximate surface area is 70.4 Å². The highest BCUT2D eigenvalue weighted by Crippen LogP contribution is 2.37. The Morgan fingerprint density at radius 3 is 2.36 bits per heavy atom. The third kappa shape index (κ3) is 1.78. The SMILES string of the molecule is Cc1sc(C(F)(F)Cl)nc1O. The summed E-state index contributed by atoms with van der Waals surface area (Å²) < 4.78 is 24.5. The molecule has 0 aromatic carbocycles. The molecule has 1 rings (SSSR count). The van der Waals surface area contributed by atoms with Crippen LogP contribution in [0.4, 0.5) is 8.78 Å². The smallest absolute Gasteiger partial charge is 0.374 e. The van der Waals surface area contributed by atoms with E-state index >= 15 is 0 Å². The first kappa shape index (κ1) is 8.67. The van der Waals surface area contributed by atoms with Crippen molar-refractivity contribution in [3.8, 4) is 5.88 Å². The van der Waals surface area contributed by atoms with Crippen molar-refractivity contribution >= 4 is 22.9 Å². The molecule has 2 nitrogen and oxygen atoms in total. The lowest BCUT2D eigenvalue weighted by molar-refractivity contribution is 0.0942. The minimum absolute atomic E-state index is 0.334. The Hall–Kier alpha value is -0.420. The molecule has 0 saturated heterocycles. The van der Waals surface area contributed by atoms with Crippen molar-refractivity contribution in [3.05, 3.63) is 9.88 Å². The molecule has 0 radical (unpaired) electrons. The van der Waals surface area contributed by atoms with Gasteiger partial charge in [0.05, 0.1) is 4.88 Å². The summed E-state index contributed by atoms with van der Waals surface area (Å²) in [6.07, 6.45) is 0. The third-order valence-corrected chi connectivity index (χ3v) is 2.34. The second-order valence-corrected chi connectivity index (χ2v) is 3.57. The standard InChI is InChI=1S/C5H4ClF2NOS/c1-2-3(10)9-4(11-2)5(6,7)8/h10H,1H3. The van der Waals surface area contributed by atoms with E-state index in [9.17, 15) is 8.78 Å². The summed E-state index contributed by atoms with van der Waals surface area (Å²) in [4.78, 5) is 3.51. The van der Waals surface area contributed by atoms with Crippen LogP contribution in [0, 0.1) is 6.92 Å². The number of hydrogen-bond donors (Lipinski definition) is 1. The van der Waals surface area contributed by atoms with Gasteiger partial charge < -0.3 is 5.11 Å². The van der Waals surface area contributed by atoms with Crippen LogP contribution < -0.4 is 0 Å². The Morgan fingerprint density at radius 2 is 2.18 bits per heavy atom. The molecule has 1 heterocycles. The van der Waals surface area contributed by atoms with E-state index in [4.69, 9.17) is 5.11 Å². The normalized spacial score (nSPS) is 12.0. The average molecular weight is 200 g/mol. The molecule has 0 aliphatic carbocycles. The van der Waals surface area contributed by atoms with Crippen molar-refractivity contribution in [2.75, 3.05) is 0 Å². The fraction of sp³-hybridized carbons (Fsp3) is 0.400. The monoisotopic (exact) mass is 199 g/mol. The number of aromatic nitrogens is 1. The minimum Gasteiger partial charge on any atom is -0.492 e. The molecule has 0 saturated carbocycles. The summed E-state index contributed by atoms with van der Waals surface area (Å²) in [5.74, 6) is -0.384. The molecule has 1 aromatic heterocycles. The Balaban J connectivity index is 3.08. The number of aromatic hydroxyl groups is 1. The Kier molecular flexibility index (Phi) is 2.02. The van der Waals surface area contributed by atoms with Crippen LogP contribution in [-0.4, -0.2) is 10.1 Å². The summed E-state index contributed by atoms with van der Waals surface area (Å²) in [5, 5.41) is 4.76. The molecule has 0 bridgehead atoms. The van der Waals surface area contributed by atoms with Gasteiger partial charge >= 0.3 is 5.38 Å². The molecule has 0 amide bonds. The maximum absolute atomic E-state index is 12.3. The van der Waals surface area contributed by atoms with Gasteiger partial charge in [-0.05, 0) is 18.5 Å². The number of alkyl halides is 3. The summed E-state index contributed by atoms with van der Waals surface area (Å²) in [6, 6.07) is 0. The first-order valence-electron chi connectivity index (χ1n) is 2.65. The summed E-state index contributed by atoms with van der Waals surface area (Å²) >= 11 is 5.33. The Morgan fingerprint density at radius 1 is 1.64 bits per heavy atom. The molecule has 0 aliphatic rings. The van der Waals surface area contributed by atoms with E-state index in [1.807, 2.05) is 0 Å². The number of halogens is 3. The van der Waals surface area contributed by atoms with Crippen LogP contribution >= 0.6 is 22.9 Å². The highest BCUT2D eigenvalue weighted by atomic mass is 35.5. The van der Waals surface area contributed by atoms with E-state index in [1.54, 1.807) is 0 Å². The van der Waals surface area contributed by atoms with E-state index in [-0.39, 0.29) is 5.88 Å². The van der Waals surface area contributed by atoms with Gasteiger partial charge in [-0.2, -0.15) is 13.8 Å². The first-order chi connectivity index (χ1) is 4.91. The van der Waals surface area contributed by atoms with Gasteiger partial charge in [-0.1, -0.05) is 0 Å². The van der Waals surface area contributed by atoms with Crippen LogP contribution in [0.25, 0.3) is 0 Å². The summed E-state index contributed by atoms with van der Waals surface area (Å²) in [7, 11) is 0. The zero-order valence-corrected chi connectivity index (χ0v) is 7.01. The van der Waals surface area contributed by atoms with Crippen molar-refractivity contribution < 1.29 is 13.9 Å².